The summed E-state index contributed by atoms with van der Waals surface area (Å²) in [7, 11) is 0. The zero-order chi connectivity index (χ0) is 13.7. The van der Waals surface area contributed by atoms with E-state index in [1.165, 1.54) is 12.4 Å². The van der Waals surface area contributed by atoms with Gasteiger partial charge >= 0.3 is 0 Å². The molecule has 0 fully saturated rings. The lowest BCUT2D eigenvalue weighted by Crippen LogP contribution is -2.07. The molecule has 0 spiro atoms. The van der Waals surface area contributed by atoms with Gasteiger partial charge in [-0.1, -0.05) is 0 Å². The topological polar surface area (TPSA) is 59.9 Å². The Hall–Kier alpha value is -2.07. The summed E-state index contributed by atoms with van der Waals surface area (Å²) in [6.45, 7) is 0. The monoisotopic (exact) mass is 274 g/mol. The second kappa shape index (κ2) is 6.20. The Morgan fingerprint density at radius 1 is 1.05 bits per heavy atom. The average molecular weight is 275 g/mol. The van der Waals surface area contributed by atoms with E-state index in [1.54, 1.807) is 30.6 Å². The molecule has 0 bridgehead atoms. The number of hydrogen-bond acceptors (Lipinski definition) is 4. The molecule has 2 aromatic heterocycles. The molecule has 96 valence electrons. The molecular formula is C14H11ClN2O2. The molecule has 2 heterocycles. The number of pyridine rings is 2. The molecule has 19 heavy (non-hydrogen) atoms. The maximum absolute atomic E-state index is 12.0. The molecule has 0 saturated heterocycles. The van der Waals surface area contributed by atoms with E-state index in [1.807, 2.05) is 0 Å². The summed E-state index contributed by atoms with van der Waals surface area (Å²) >= 11 is 5.49. The summed E-state index contributed by atoms with van der Waals surface area (Å²) in [5, 5.41) is 0. The first-order valence-corrected chi connectivity index (χ1v) is 6.20. The van der Waals surface area contributed by atoms with Crippen molar-refractivity contribution in [2.75, 3.05) is 5.88 Å². The van der Waals surface area contributed by atoms with Crippen LogP contribution in [0.15, 0.2) is 43.0 Å². The summed E-state index contributed by atoms with van der Waals surface area (Å²) in [6.07, 6.45) is 6.33. The Labute approximate surface area is 115 Å². The molecule has 0 radical (unpaired) electrons. The van der Waals surface area contributed by atoms with E-state index in [-0.39, 0.29) is 23.9 Å². The second-order valence-corrected chi connectivity index (χ2v) is 4.25. The number of carbonyl (C=O) groups excluding carboxylic acids is 2. The molecule has 0 atom stereocenters. The van der Waals surface area contributed by atoms with Crippen LogP contribution in [-0.2, 0) is 6.42 Å². The normalized spacial score (nSPS) is 10.2. The number of ketones is 2. The number of aromatic nitrogens is 2. The van der Waals surface area contributed by atoms with Gasteiger partial charge in [0.2, 0.25) is 0 Å². The Balaban J connectivity index is 2.16. The van der Waals surface area contributed by atoms with Crippen molar-refractivity contribution in [2.24, 2.45) is 0 Å². The number of Topliss-reactive ketones (excluding diaryl/α,β-unsaturated/α-hetero) is 2. The van der Waals surface area contributed by atoms with Gasteiger partial charge in [0.15, 0.2) is 11.6 Å². The molecule has 4 nitrogen and oxygen atoms in total. The standard InChI is InChI=1S/C14H11ClN2O2/c15-6-14(19)12-4-10(7-17-9-12)5-13(18)11-2-1-3-16-8-11/h1-4,7-9H,5-6H2. The first kappa shape index (κ1) is 13.4. The van der Waals surface area contributed by atoms with Crippen LogP contribution in [0.5, 0.6) is 0 Å². The van der Waals surface area contributed by atoms with Crippen molar-refractivity contribution >= 4 is 23.2 Å². The second-order valence-electron chi connectivity index (χ2n) is 3.98. The Morgan fingerprint density at radius 2 is 1.84 bits per heavy atom. The van der Waals surface area contributed by atoms with Gasteiger partial charge in [-0.15, -0.1) is 11.6 Å². The van der Waals surface area contributed by atoms with Crippen LogP contribution in [-0.4, -0.2) is 27.4 Å². The van der Waals surface area contributed by atoms with Gasteiger partial charge in [-0.25, -0.2) is 0 Å². The number of nitrogens with zero attached hydrogens (tertiary/aromatic N) is 2. The van der Waals surface area contributed by atoms with Crippen LogP contribution < -0.4 is 0 Å². The quantitative estimate of drug-likeness (QED) is 0.620. The van der Waals surface area contributed by atoms with Crippen LogP contribution in [0.2, 0.25) is 0 Å². The molecule has 0 unspecified atom stereocenters. The van der Waals surface area contributed by atoms with E-state index in [4.69, 9.17) is 11.6 Å². The van der Waals surface area contributed by atoms with Crippen LogP contribution >= 0.6 is 11.6 Å². The average Bonchev–Trinajstić information content (AvgIpc) is 2.47. The fraction of sp³-hybridized carbons (Fsp3) is 0.143. The number of carbonyl (C=O) groups is 2. The summed E-state index contributed by atoms with van der Waals surface area (Å²) in [6, 6.07) is 5.06. The minimum Gasteiger partial charge on any atom is -0.294 e. The smallest absolute Gasteiger partial charge is 0.179 e. The third-order valence-corrected chi connectivity index (χ3v) is 2.83. The lowest BCUT2D eigenvalue weighted by atomic mass is 10.0. The number of alkyl halides is 1. The first-order valence-electron chi connectivity index (χ1n) is 5.67. The van der Waals surface area contributed by atoms with Gasteiger partial charge in [0.25, 0.3) is 0 Å². The largest absolute Gasteiger partial charge is 0.294 e. The van der Waals surface area contributed by atoms with E-state index in [2.05, 4.69) is 9.97 Å². The fourth-order valence-electron chi connectivity index (χ4n) is 1.63. The fourth-order valence-corrected chi connectivity index (χ4v) is 1.78. The van der Waals surface area contributed by atoms with Crippen molar-refractivity contribution in [3.63, 3.8) is 0 Å². The zero-order valence-corrected chi connectivity index (χ0v) is 10.8. The van der Waals surface area contributed by atoms with E-state index in [0.29, 0.717) is 16.7 Å². The van der Waals surface area contributed by atoms with Crippen molar-refractivity contribution in [3.05, 3.63) is 59.7 Å². The molecule has 2 rings (SSSR count). The minimum atomic E-state index is -0.204. The van der Waals surface area contributed by atoms with E-state index < -0.39 is 0 Å². The van der Waals surface area contributed by atoms with E-state index >= 15 is 0 Å². The molecular weight excluding hydrogens is 264 g/mol. The van der Waals surface area contributed by atoms with Gasteiger partial charge in [-0.05, 0) is 23.8 Å². The van der Waals surface area contributed by atoms with Gasteiger partial charge in [0.1, 0.15) is 0 Å². The molecule has 0 saturated carbocycles. The highest BCUT2D eigenvalue weighted by molar-refractivity contribution is 6.30. The maximum Gasteiger partial charge on any atom is 0.179 e. The highest BCUT2D eigenvalue weighted by Gasteiger charge is 2.10. The predicted octanol–water partition coefficient (Wildman–Crippen LogP) is 2.32. The molecule has 0 aromatic carbocycles. The van der Waals surface area contributed by atoms with Crippen molar-refractivity contribution in [1.29, 1.82) is 0 Å². The highest BCUT2D eigenvalue weighted by Crippen LogP contribution is 2.09. The number of halogens is 1. The van der Waals surface area contributed by atoms with Gasteiger partial charge < -0.3 is 0 Å². The van der Waals surface area contributed by atoms with Crippen LogP contribution in [0.1, 0.15) is 26.3 Å². The SMILES string of the molecule is O=C(CCl)c1cncc(CC(=O)c2cccnc2)c1. The summed E-state index contributed by atoms with van der Waals surface area (Å²) in [5.74, 6) is -0.364. The van der Waals surface area contributed by atoms with Gasteiger partial charge in [0.05, 0.1) is 5.88 Å². The third-order valence-electron chi connectivity index (χ3n) is 2.59. The van der Waals surface area contributed by atoms with Crippen LogP contribution in [0, 0.1) is 0 Å². The Bertz CT molecular complexity index is 599. The molecule has 0 aliphatic carbocycles. The molecule has 0 amide bonds. The van der Waals surface area contributed by atoms with Crippen LogP contribution in [0.3, 0.4) is 0 Å². The summed E-state index contributed by atoms with van der Waals surface area (Å²) in [4.78, 5) is 31.3. The zero-order valence-electron chi connectivity index (χ0n) is 10.0. The van der Waals surface area contributed by atoms with Gasteiger partial charge in [0, 0.05) is 42.3 Å². The first-order chi connectivity index (χ1) is 9.20. The lowest BCUT2D eigenvalue weighted by Gasteiger charge is -2.03. The Morgan fingerprint density at radius 3 is 2.53 bits per heavy atom. The van der Waals surface area contributed by atoms with Gasteiger partial charge in [-0.2, -0.15) is 0 Å². The number of rotatable bonds is 5. The van der Waals surface area contributed by atoms with Crippen LogP contribution in [0.4, 0.5) is 0 Å². The molecule has 2 aromatic rings. The van der Waals surface area contributed by atoms with Gasteiger partial charge in [-0.3, -0.25) is 19.6 Å². The highest BCUT2D eigenvalue weighted by atomic mass is 35.5. The Kier molecular flexibility index (Phi) is 4.36. The lowest BCUT2D eigenvalue weighted by molar-refractivity contribution is 0.0987. The van der Waals surface area contributed by atoms with Crippen molar-refractivity contribution in [3.8, 4) is 0 Å². The van der Waals surface area contributed by atoms with Crippen molar-refractivity contribution < 1.29 is 9.59 Å². The molecule has 0 N–H and O–H groups in total. The number of hydrogen-bond donors (Lipinski definition) is 0. The predicted molar refractivity (Wildman–Crippen MR) is 71.6 cm³/mol. The van der Waals surface area contributed by atoms with Crippen molar-refractivity contribution in [2.45, 2.75) is 6.42 Å². The summed E-state index contributed by atoms with van der Waals surface area (Å²) < 4.78 is 0. The van der Waals surface area contributed by atoms with Crippen molar-refractivity contribution in [1.82, 2.24) is 9.97 Å². The van der Waals surface area contributed by atoms with E-state index in [9.17, 15) is 9.59 Å². The van der Waals surface area contributed by atoms with Crippen LogP contribution in [0.25, 0.3) is 0 Å². The maximum atomic E-state index is 12.0. The minimum absolute atomic E-state index is 0.0645. The molecule has 5 heteroatoms. The molecule has 0 aliphatic heterocycles. The summed E-state index contributed by atoms with van der Waals surface area (Å²) in [5.41, 5.74) is 1.65. The van der Waals surface area contributed by atoms with E-state index in [0.717, 1.165) is 0 Å². The molecule has 0 aliphatic rings. The third kappa shape index (κ3) is 3.45.